The first-order valence-corrected chi connectivity index (χ1v) is 7.27. The van der Waals surface area contributed by atoms with Crippen molar-refractivity contribution in [3.8, 4) is 0 Å². The number of likely N-dealkylation sites (tertiary alicyclic amines) is 1. The average Bonchev–Trinajstić information content (AvgIpc) is 2.95. The fraction of sp³-hybridized carbons (Fsp3) is 0.500. The highest BCUT2D eigenvalue weighted by Crippen LogP contribution is 2.22. The van der Waals surface area contributed by atoms with Crippen LogP contribution in [-0.2, 0) is 16.0 Å². The Hall–Kier alpha value is -1.91. The second kappa shape index (κ2) is 6.70. The van der Waals surface area contributed by atoms with E-state index >= 15 is 0 Å². The lowest BCUT2D eigenvalue weighted by Crippen LogP contribution is -2.43. The summed E-state index contributed by atoms with van der Waals surface area (Å²) in [5, 5.41) is 9.12. The van der Waals surface area contributed by atoms with Gasteiger partial charge in [0.05, 0.1) is 0 Å². The molecule has 1 N–H and O–H groups in total. The molecule has 1 aromatic carbocycles. The van der Waals surface area contributed by atoms with Gasteiger partial charge >= 0.3 is 5.97 Å². The smallest absolute Gasteiger partial charge is 0.326 e. The van der Waals surface area contributed by atoms with Gasteiger partial charge in [-0.15, -0.1) is 0 Å². The van der Waals surface area contributed by atoms with E-state index in [2.05, 4.69) is 0 Å². The summed E-state index contributed by atoms with van der Waals surface area (Å²) in [4.78, 5) is 24.9. The number of hydrogen-bond donors (Lipinski definition) is 1. The summed E-state index contributed by atoms with van der Waals surface area (Å²) in [7, 11) is 0. The third-order valence-electron chi connectivity index (χ3n) is 4.05. The van der Waals surface area contributed by atoms with E-state index in [9.17, 15) is 14.0 Å². The van der Waals surface area contributed by atoms with Gasteiger partial charge in [0.25, 0.3) is 0 Å². The van der Waals surface area contributed by atoms with Gasteiger partial charge in [-0.3, -0.25) is 4.79 Å². The van der Waals surface area contributed by atoms with Crippen molar-refractivity contribution in [2.75, 3.05) is 6.54 Å². The van der Waals surface area contributed by atoms with Crippen molar-refractivity contribution >= 4 is 11.9 Å². The molecule has 0 saturated carbocycles. The molecule has 2 rings (SSSR count). The van der Waals surface area contributed by atoms with Gasteiger partial charge in [-0.25, -0.2) is 9.18 Å². The molecule has 1 saturated heterocycles. The number of benzene rings is 1. The van der Waals surface area contributed by atoms with Crippen LogP contribution in [0.1, 0.15) is 31.7 Å². The summed E-state index contributed by atoms with van der Waals surface area (Å²) in [5.74, 6) is -1.65. The first kappa shape index (κ1) is 15.5. The van der Waals surface area contributed by atoms with Crippen LogP contribution in [0.2, 0.25) is 0 Å². The molecule has 0 aromatic heterocycles. The summed E-state index contributed by atoms with van der Waals surface area (Å²) in [5.41, 5.74) is 0.591. The normalized spacial score (nSPS) is 19.5. The summed E-state index contributed by atoms with van der Waals surface area (Å²) in [6.45, 7) is 2.28. The van der Waals surface area contributed by atoms with Crippen LogP contribution in [0.15, 0.2) is 24.3 Å². The molecule has 1 amide bonds. The topological polar surface area (TPSA) is 57.6 Å². The molecule has 0 unspecified atom stereocenters. The van der Waals surface area contributed by atoms with Crippen LogP contribution in [0, 0.1) is 11.7 Å². The summed E-state index contributed by atoms with van der Waals surface area (Å²) >= 11 is 0. The van der Waals surface area contributed by atoms with E-state index < -0.39 is 12.0 Å². The fourth-order valence-corrected chi connectivity index (χ4v) is 2.77. The van der Waals surface area contributed by atoms with Crippen molar-refractivity contribution < 1.29 is 19.1 Å². The minimum absolute atomic E-state index is 0.142. The zero-order chi connectivity index (χ0) is 15.4. The third kappa shape index (κ3) is 3.60. The molecule has 4 nitrogen and oxygen atoms in total. The van der Waals surface area contributed by atoms with Crippen LogP contribution in [0.4, 0.5) is 4.39 Å². The minimum Gasteiger partial charge on any atom is -0.480 e. The van der Waals surface area contributed by atoms with Crippen molar-refractivity contribution in [3.05, 3.63) is 35.6 Å². The van der Waals surface area contributed by atoms with E-state index in [4.69, 9.17) is 5.11 Å². The monoisotopic (exact) mass is 293 g/mol. The molecule has 21 heavy (non-hydrogen) atoms. The van der Waals surface area contributed by atoms with Gasteiger partial charge in [0.2, 0.25) is 5.91 Å². The maximum atomic E-state index is 13.5. The first-order chi connectivity index (χ1) is 10.0. The highest BCUT2D eigenvalue weighted by Gasteiger charge is 2.35. The number of nitrogens with zero attached hydrogens (tertiary/aromatic N) is 1. The Bertz CT molecular complexity index is 532. The Balaban J connectivity index is 1.94. The van der Waals surface area contributed by atoms with Gasteiger partial charge in [0.1, 0.15) is 11.9 Å². The Morgan fingerprint density at radius 1 is 1.43 bits per heavy atom. The Kier molecular flexibility index (Phi) is 4.94. The van der Waals surface area contributed by atoms with Crippen molar-refractivity contribution in [1.29, 1.82) is 0 Å². The molecular weight excluding hydrogens is 273 g/mol. The molecular formula is C16H20FNO3. The minimum atomic E-state index is -0.942. The lowest BCUT2D eigenvalue weighted by molar-refractivity contribution is -0.149. The van der Waals surface area contributed by atoms with Crippen LogP contribution < -0.4 is 0 Å². The number of aliphatic carboxylic acids is 1. The van der Waals surface area contributed by atoms with E-state index in [1.165, 1.54) is 11.0 Å². The second-order valence-electron chi connectivity index (χ2n) is 5.56. The Morgan fingerprint density at radius 3 is 2.81 bits per heavy atom. The van der Waals surface area contributed by atoms with Gasteiger partial charge < -0.3 is 10.0 Å². The summed E-state index contributed by atoms with van der Waals surface area (Å²) in [6.07, 6.45) is 2.23. The van der Waals surface area contributed by atoms with Gasteiger partial charge in [0.15, 0.2) is 0 Å². The Morgan fingerprint density at radius 2 is 2.14 bits per heavy atom. The van der Waals surface area contributed by atoms with E-state index in [1.807, 2.05) is 0 Å². The molecule has 1 aliphatic rings. The number of aryl methyl sites for hydroxylation is 1. The zero-order valence-electron chi connectivity index (χ0n) is 12.1. The predicted octanol–water partition coefficient (Wildman–Crippen LogP) is 2.47. The zero-order valence-corrected chi connectivity index (χ0v) is 12.1. The lowest BCUT2D eigenvalue weighted by atomic mass is 9.99. The van der Waals surface area contributed by atoms with Gasteiger partial charge in [-0.1, -0.05) is 25.1 Å². The largest absolute Gasteiger partial charge is 0.480 e. The van der Waals surface area contributed by atoms with Crippen LogP contribution >= 0.6 is 0 Å². The maximum Gasteiger partial charge on any atom is 0.326 e. The lowest BCUT2D eigenvalue weighted by Gasteiger charge is -2.25. The maximum absolute atomic E-state index is 13.5. The van der Waals surface area contributed by atoms with Crippen molar-refractivity contribution in [2.24, 2.45) is 5.92 Å². The molecule has 5 heteroatoms. The SMILES string of the molecule is C[C@@H](CCc1ccccc1F)C(=O)N1CCC[C@H]1C(=O)O. The van der Waals surface area contributed by atoms with Crippen LogP contribution in [0.5, 0.6) is 0 Å². The molecule has 114 valence electrons. The number of rotatable bonds is 5. The van der Waals surface area contributed by atoms with Gasteiger partial charge in [-0.2, -0.15) is 0 Å². The number of halogens is 1. The fourth-order valence-electron chi connectivity index (χ4n) is 2.77. The van der Waals surface area contributed by atoms with E-state index in [0.29, 0.717) is 31.4 Å². The van der Waals surface area contributed by atoms with Crippen LogP contribution in [0.25, 0.3) is 0 Å². The number of carbonyl (C=O) groups excluding carboxylic acids is 1. The molecule has 1 heterocycles. The molecule has 0 spiro atoms. The van der Waals surface area contributed by atoms with E-state index in [0.717, 1.165) is 6.42 Å². The van der Waals surface area contributed by atoms with E-state index in [1.54, 1.807) is 25.1 Å². The standard InChI is InChI=1S/C16H20FNO3/c1-11(8-9-12-5-2-3-6-13(12)17)15(19)18-10-4-7-14(18)16(20)21/h2-3,5-6,11,14H,4,7-10H2,1H3,(H,20,21)/t11-,14-/m0/s1. The van der Waals surface area contributed by atoms with Crippen molar-refractivity contribution in [3.63, 3.8) is 0 Å². The van der Waals surface area contributed by atoms with Gasteiger partial charge in [0, 0.05) is 12.5 Å². The highest BCUT2D eigenvalue weighted by atomic mass is 19.1. The second-order valence-corrected chi connectivity index (χ2v) is 5.56. The quantitative estimate of drug-likeness (QED) is 0.907. The molecule has 2 atom stereocenters. The van der Waals surface area contributed by atoms with Gasteiger partial charge in [-0.05, 0) is 37.3 Å². The molecule has 0 radical (unpaired) electrons. The van der Waals surface area contributed by atoms with E-state index in [-0.39, 0.29) is 17.6 Å². The molecule has 0 bridgehead atoms. The molecule has 1 fully saturated rings. The predicted molar refractivity (Wildman–Crippen MR) is 76.3 cm³/mol. The first-order valence-electron chi connectivity index (χ1n) is 7.27. The number of hydrogen-bond acceptors (Lipinski definition) is 2. The summed E-state index contributed by atoms with van der Waals surface area (Å²) in [6, 6.07) is 5.82. The van der Waals surface area contributed by atoms with Crippen LogP contribution in [-0.4, -0.2) is 34.5 Å². The number of carbonyl (C=O) groups is 2. The molecule has 1 aliphatic heterocycles. The third-order valence-corrected chi connectivity index (χ3v) is 4.05. The number of carboxylic acid groups (broad SMARTS) is 1. The number of amides is 1. The average molecular weight is 293 g/mol. The molecule has 0 aliphatic carbocycles. The van der Waals surface area contributed by atoms with Crippen molar-refractivity contribution in [1.82, 2.24) is 4.90 Å². The Labute approximate surface area is 123 Å². The van der Waals surface area contributed by atoms with Crippen molar-refractivity contribution in [2.45, 2.75) is 38.6 Å². The highest BCUT2D eigenvalue weighted by molar-refractivity contribution is 5.85. The summed E-state index contributed by atoms with van der Waals surface area (Å²) < 4.78 is 13.5. The molecule has 1 aromatic rings. The van der Waals surface area contributed by atoms with Crippen LogP contribution in [0.3, 0.4) is 0 Å². The number of carboxylic acids is 1.